The van der Waals surface area contributed by atoms with Gasteiger partial charge in [0.15, 0.2) is 5.82 Å². The number of methoxy groups -OCH3 is 1. The standard InChI is InChI=1S/C17H16N4O4/c1-11(17(23)18-15-9-10-25-20-15)21-16(22)8-7-14(19-21)12-3-5-13(24-2)6-4-12/h3-11H,1-2H3,(H,18,20,23). The summed E-state index contributed by atoms with van der Waals surface area (Å²) in [6.45, 7) is 1.58. The zero-order valence-corrected chi connectivity index (χ0v) is 13.7. The van der Waals surface area contributed by atoms with Gasteiger partial charge in [0.1, 0.15) is 18.1 Å². The van der Waals surface area contributed by atoms with Crippen LogP contribution in [0, 0.1) is 0 Å². The van der Waals surface area contributed by atoms with Gasteiger partial charge in [0.05, 0.1) is 12.8 Å². The highest BCUT2D eigenvalue weighted by Gasteiger charge is 2.19. The van der Waals surface area contributed by atoms with Gasteiger partial charge in [-0.1, -0.05) is 5.16 Å². The first-order valence-electron chi connectivity index (χ1n) is 7.54. The summed E-state index contributed by atoms with van der Waals surface area (Å²) in [6, 6.07) is 10.9. The molecule has 3 rings (SSSR count). The Labute approximate surface area is 143 Å². The highest BCUT2D eigenvalue weighted by atomic mass is 16.5. The van der Waals surface area contributed by atoms with E-state index < -0.39 is 11.9 Å². The fourth-order valence-corrected chi connectivity index (χ4v) is 2.24. The molecular weight excluding hydrogens is 324 g/mol. The number of aromatic nitrogens is 3. The molecule has 0 aliphatic heterocycles. The van der Waals surface area contributed by atoms with Crippen molar-refractivity contribution in [3.05, 3.63) is 59.1 Å². The summed E-state index contributed by atoms with van der Waals surface area (Å²) in [5, 5.41) is 10.5. The summed E-state index contributed by atoms with van der Waals surface area (Å²) in [6.07, 6.45) is 1.34. The molecule has 1 N–H and O–H groups in total. The van der Waals surface area contributed by atoms with Crippen molar-refractivity contribution >= 4 is 11.7 Å². The van der Waals surface area contributed by atoms with Crippen molar-refractivity contribution in [2.24, 2.45) is 0 Å². The Kier molecular flexibility index (Phi) is 4.60. The molecule has 3 aromatic rings. The van der Waals surface area contributed by atoms with Crippen LogP contribution in [-0.4, -0.2) is 28.0 Å². The monoisotopic (exact) mass is 340 g/mol. The first kappa shape index (κ1) is 16.4. The minimum atomic E-state index is -0.817. The number of anilines is 1. The number of benzene rings is 1. The number of amides is 1. The van der Waals surface area contributed by atoms with Gasteiger partial charge >= 0.3 is 0 Å². The summed E-state index contributed by atoms with van der Waals surface area (Å²) in [7, 11) is 1.59. The van der Waals surface area contributed by atoms with E-state index in [4.69, 9.17) is 4.74 Å². The molecule has 128 valence electrons. The molecule has 1 amide bonds. The lowest BCUT2D eigenvalue weighted by molar-refractivity contribution is -0.119. The van der Waals surface area contributed by atoms with Gasteiger partial charge in [0.25, 0.3) is 5.56 Å². The number of carbonyl (C=O) groups excluding carboxylic acids is 1. The Balaban J connectivity index is 1.87. The van der Waals surface area contributed by atoms with E-state index in [9.17, 15) is 9.59 Å². The van der Waals surface area contributed by atoms with E-state index in [0.29, 0.717) is 5.69 Å². The third-order valence-electron chi connectivity index (χ3n) is 3.65. The van der Waals surface area contributed by atoms with Crippen molar-refractivity contribution in [2.75, 3.05) is 12.4 Å². The van der Waals surface area contributed by atoms with Gasteiger partial charge in [-0.25, -0.2) is 4.68 Å². The molecule has 1 aromatic carbocycles. The van der Waals surface area contributed by atoms with Crippen LogP contribution in [0.3, 0.4) is 0 Å². The zero-order chi connectivity index (χ0) is 17.8. The van der Waals surface area contributed by atoms with Gasteiger partial charge in [-0.3, -0.25) is 9.59 Å². The van der Waals surface area contributed by atoms with Gasteiger partial charge < -0.3 is 14.6 Å². The summed E-state index contributed by atoms with van der Waals surface area (Å²) in [4.78, 5) is 24.4. The SMILES string of the molecule is COc1ccc(-c2ccc(=O)n(C(C)C(=O)Nc3ccon3)n2)cc1. The van der Waals surface area contributed by atoms with Crippen LogP contribution in [-0.2, 0) is 4.79 Å². The third kappa shape index (κ3) is 3.57. The Morgan fingerprint density at radius 3 is 2.60 bits per heavy atom. The molecule has 0 aliphatic rings. The minimum absolute atomic E-state index is 0.274. The molecule has 1 unspecified atom stereocenters. The number of nitrogens with one attached hydrogen (secondary N) is 1. The van der Waals surface area contributed by atoms with E-state index in [1.165, 1.54) is 18.4 Å². The summed E-state index contributed by atoms with van der Waals surface area (Å²) in [5.74, 6) is 0.573. The molecule has 8 nitrogen and oxygen atoms in total. The van der Waals surface area contributed by atoms with Crippen LogP contribution in [0.15, 0.2) is 58.0 Å². The molecule has 0 saturated carbocycles. The first-order chi connectivity index (χ1) is 12.1. The van der Waals surface area contributed by atoms with Gasteiger partial charge in [-0.15, -0.1) is 0 Å². The van der Waals surface area contributed by atoms with Gasteiger partial charge in [0, 0.05) is 17.7 Å². The normalized spacial score (nSPS) is 11.8. The predicted octanol–water partition coefficient (Wildman–Crippen LogP) is 2.11. The molecule has 0 aliphatic carbocycles. The van der Waals surface area contributed by atoms with E-state index in [2.05, 4.69) is 20.1 Å². The number of carbonyl (C=O) groups is 1. The van der Waals surface area contributed by atoms with Gasteiger partial charge in [-0.05, 0) is 37.3 Å². The smallest absolute Gasteiger partial charge is 0.267 e. The van der Waals surface area contributed by atoms with Gasteiger partial charge in [-0.2, -0.15) is 5.10 Å². The van der Waals surface area contributed by atoms with Crippen LogP contribution in [0.4, 0.5) is 5.82 Å². The fraction of sp³-hybridized carbons (Fsp3) is 0.176. The topological polar surface area (TPSA) is 99.2 Å². The highest BCUT2D eigenvalue weighted by Crippen LogP contribution is 2.20. The molecule has 0 saturated heterocycles. The Hall–Kier alpha value is -3.42. The van der Waals surface area contributed by atoms with Crippen LogP contribution < -0.4 is 15.6 Å². The van der Waals surface area contributed by atoms with Crippen molar-refractivity contribution in [3.63, 3.8) is 0 Å². The van der Waals surface area contributed by atoms with Crippen molar-refractivity contribution in [1.82, 2.24) is 14.9 Å². The lowest BCUT2D eigenvalue weighted by Crippen LogP contribution is -2.33. The number of rotatable bonds is 5. The maximum absolute atomic E-state index is 12.3. The van der Waals surface area contributed by atoms with Crippen molar-refractivity contribution < 1.29 is 14.1 Å². The van der Waals surface area contributed by atoms with E-state index in [1.54, 1.807) is 32.2 Å². The fourth-order valence-electron chi connectivity index (χ4n) is 2.24. The number of nitrogens with zero attached hydrogens (tertiary/aromatic N) is 3. The lowest BCUT2D eigenvalue weighted by atomic mass is 10.1. The van der Waals surface area contributed by atoms with Crippen molar-refractivity contribution in [2.45, 2.75) is 13.0 Å². The van der Waals surface area contributed by atoms with E-state index in [-0.39, 0.29) is 11.4 Å². The molecule has 25 heavy (non-hydrogen) atoms. The second kappa shape index (κ2) is 7.00. The molecular formula is C17H16N4O4. The van der Waals surface area contributed by atoms with E-state index in [1.807, 2.05) is 12.1 Å². The average Bonchev–Trinajstić information content (AvgIpc) is 3.14. The van der Waals surface area contributed by atoms with E-state index in [0.717, 1.165) is 16.0 Å². The predicted molar refractivity (Wildman–Crippen MR) is 90.3 cm³/mol. The molecule has 0 spiro atoms. The summed E-state index contributed by atoms with van der Waals surface area (Å²) in [5.41, 5.74) is 1.00. The lowest BCUT2D eigenvalue weighted by Gasteiger charge is -2.14. The molecule has 0 bridgehead atoms. The number of ether oxygens (including phenoxy) is 1. The summed E-state index contributed by atoms with van der Waals surface area (Å²) >= 11 is 0. The molecule has 2 aromatic heterocycles. The van der Waals surface area contributed by atoms with Crippen molar-refractivity contribution in [1.29, 1.82) is 0 Å². The van der Waals surface area contributed by atoms with E-state index >= 15 is 0 Å². The minimum Gasteiger partial charge on any atom is -0.497 e. The van der Waals surface area contributed by atoms with Crippen LogP contribution in [0.2, 0.25) is 0 Å². The second-order valence-corrected chi connectivity index (χ2v) is 5.28. The summed E-state index contributed by atoms with van der Waals surface area (Å²) < 4.78 is 10.9. The Bertz CT molecular complexity index is 917. The van der Waals surface area contributed by atoms with Gasteiger partial charge in [0.2, 0.25) is 5.91 Å². The molecule has 1 atom stereocenters. The van der Waals surface area contributed by atoms with Crippen LogP contribution in [0.1, 0.15) is 13.0 Å². The highest BCUT2D eigenvalue weighted by molar-refractivity contribution is 5.92. The Morgan fingerprint density at radius 2 is 1.96 bits per heavy atom. The maximum Gasteiger partial charge on any atom is 0.267 e. The molecule has 0 radical (unpaired) electrons. The van der Waals surface area contributed by atoms with Crippen LogP contribution >= 0.6 is 0 Å². The third-order valence-corrected chi connectivity index (χ3v) is 3.65. The molecule has 0 fully saturated rings. The quantitative estimate of drug-likeness (QED) is 0.763. The van der Waals surface area contributed by atoms with Crippen LogP contribution in [0.25, 0.3) is 11.3 Å². The van der Waals surface area contributed by atoms with Crippen LogP contribution in [0.5, 0.6) is 5.75 Å². The second-order valence-electron chi connectivity index (χ2n) is 5.28. The Morgan fingerprint density at radius 1 is 1.20 bits per heavy atom. The maximum atomic E-state index is 12.3. The zero-order valence-electron chi connectivity index (χ0n) is 13.7. The first-order valence-corrected chi connectivity index (χ1v) is 7.54. The average molecular weight is 340 g/mol. The molecule has 8 heteroatoms. The van der Waals surface area contributed by atoms with Crippen molar-refractivity contribution in [3.8, 4) is 17.0 Å². The molecule has 2 heterocycles. The largest absolute Gasteiger partial charge is 0.497 e. The number of hydrogen-bond acceptors (Lipinski definition) is 6. The number of hydrogen-bond donors (Lipinski definition) is 1.